The van der Waals surface area contributed by atoms with Crippen molar-refractivity contribution in [3.8, 4) is 0 Å². The van der Waals surface area contributed by atoms with Crippen LogP contribution in [0.5, 0.6) is 0 Å². The fourth-order valence-electron chi connectivity index (χ4n) is 2.72. The molecule has 0 saturated heterocycles. The van der Waals surface area contributed by atoms with Crippen LogP contribution in [0.1, 0.15) is 43.4 Å². The molecule has 0 radical (unpaired) electrons. The van der Waals surface area contributed by atoms with E-state index in [1.165, 1.54) is 24.0 Å². The molecule has 1 aromatic carbocycles. The lowest BCUT2D eigenvalue weighted by atomic mass is 9.87. The normalized spacial score (nSPS) is 21.7. The third-order valence-electron chi connectivity index (χ3n) is 3.94. The topological polar surface area (TPSA) is 41.5 Å². The third-order valence-corrected chi connectivity index (χ3v) is 3.94. The van der Waals surface area contributed by atoms with E-state index in [1.54, 1.807) is 7.11 Å². The molecule has 3 heteroatoms. The van der Waals surface area contributed by atoms with Crippen LogP contribution in [0.2, 0.25) is 0 Å². The van der Waals surface area contributed by atoms with Gasteiger partial charge in [0, 0.05) is 32.7 Å². The molecule has 1 aromatic rings. The number of aliphatic hydroxyl groups is 1. The van der Waals surface area contributed by atoms with Gasteiger partial charge in [-0.2, -0.15) is 0 Å². The second-order valence-electron chi connectivity index (χ2n) is 5.76. The number of nitrogens with one attached hydrogen (secondary N) is 1. The molecule has 1 aliphatic carbocycles. The van der Waals surface area contributed by atoms with Gasteiger partial charge in [0.1, 0.15) is 0 Å². The molecule has 2 N–H and O–H groups in total. The van der Waals surface area contributed by atoms with Crippen LogP contribution in [0.3, 0.4) is 0 Å². The van der Waals surface area contributed by atoms with Crippen molar-refractivity contribution in [2.24, 2.45) is 0 Å². The van der Waals surface area contributed by atoms with Gasteiger partial charge in [0.2, 0.25) is 0 Å². The number of fused-ring (bicyclic) bond motifs is 1. The van der Waals surface area contributed by atoms with E-state index < -0.39 is 5.60 Å². The summed E-state index contributed by atoms with van der Waals surface area (Å²) in [6.45, 7) is 3.07. The predicted molar refractivity (Wildman–Crippen MR) is 77.2 cm³/mol. The first-order chi connectivity index (χ1) is 9.12. The first-order valence-corrected chi connectivity index (χ1v) is 7.15. The summed E-state index contributed by atoms with van der Waals surface area (Å²) in [5.74, 6) is 0. The van der Waals surface area contributed by atoms with Crippen molar-refractivity contribution in [3.05, 3.63) is 35.4 Å². The average Bonchev–Trinajstić information content (AvgIpc) is 2.43. The Bertz CT molecular complexity index is 403. The van der Waals surface area contributed by atoms with E-state index in [-0.39, 0.29) is 0 Å². The van der Waals surface area contributed by atoms with Gasteiger partial charge in [0.05, 0.1) is 5.60 Å². The summed E-state index contributed by atoms with van der Waals surface area (Å²) in [6, 6.07) is 9.00. The van der Waals surface area contributed by atoms with Gasteiger partial charge in [-0.1, -0.05) is 24.3 Å². The average molecular weight is 263 g/mol. The lowest BCUT2D eigenvalue weighted by molar-refractivity contribution is 0.0222. The van der Waals surface area contributed by atoms with E-state index in [9.17, 15) is 5.11 Å². The summed E-state index contributed by atoms with van der Waals surface area (Å²) in [5, 5.41) is 13.8. The number of ether oxygens (including phenoxy) is 1. The maximum absolute atomic E-state index is 10.3. The SMILES string of the molecule is COCCC(C)(O)CNC1CCCc2ccccc21. The Morgan fingerprint density at radius 3 is 3.00 bits per heavy atom. The highest BCUT2D eigenvalue weighted by Crippen LogP contribution is 2.29. The van der Waals surface area contributed by atoms with Crippen molar-refractivity contribution < 1.29 is 9.84 Å². The summed E-state index contributed by atoms with van der Waals surface area (Å²) in [4.78, 5) is 0. The Hall–Kier alpha value is -0.900. The largest absolute Gasteiger partial charge is 0.389 e. The lowest BCUT2D eigenvalue weighted by Crippen LogP contribution is -2.41. The van der Waals surface area contributed by atoms with Crippen LogP contribution in [-0.2, 0) is 11.2 Å². The molecule has 0 aromatic heterocycles. The van der Waals surface area contributed by atoms with Crippen LogP contribution in [0.25, 0.3) is 0 Å². The minimum Gasteiger partial charge on any atom is -0.389 e. The number of hydrogen-bond acceptors (Lipinski definition) is 3. The number of benzene rings is 1. The van der Waals surface area contributed by atoms with E-state index in [0.29, 0.717) is 25.6 Å². The molecule has 19 heavy (non-hydrogen) atoms. The van der Waals surface area contributed by atoms with Crippen LogP contribution in [0.15, 0.2) is 24.3 Å². The van der Waals surface area contributed by atoms with E-state index in [0.717, 1.165) is 6.42 Å². The Balaban J connectivity index is 1.94. The van der Waals surface area contributed by atoms with Gasteiger partial charge >= 0.3 is 0 Å². The molecule has 2 atom stereocenters. The van der Waals surface area contributed by atoms with Crippen molar-refractivity contribution >= 4 is 0 Å². The molecule has 0 fully saturated rings. The first kappa shape index (κ1) is 14.5. The summed E-state index contributed by atoms with van der Waals surface area (Å²) >= 11 is 0. The molecule has 2 unspecified atom stereocenters. The molecule has 106 valence electrons. The van der Waals surface area contributed by atoms with E-state index >= 15 is 0 Å². The standard InChI is InChI=1S/C16H25NO2/c1-16(18,10-11-19-2)12-17-15-9-5-7-13-6-3-4-8-14(13)15/h3-4,6,8,15,17-18H,5,7,9-12H2,1-2H3. The molecule has 3 nitrogen and oxygen atoms in total. The van der Waals surface area contributed by atoms with Gasteiger partial charge in [-0.05, 0) is 37.3 Å². The fraction of sp³-hybridized carbons (Fsp3) is 0.625. The molecular formula is C16H25NO2. The van der Waals surface area contributed by atoms with Gasteiger partial charge in [-0.15, -0.1) is 0 Å². The zero-order valence-corrected chi connectivity index (χ0v) is 12.0. The monoisotopic (exact) mass is 263 g/mol. The van der Waals surface area contributed by atoms with E-state index in [4.69, 9.17) is 4.74 Å². The highest BCUT2D eigenvalue weighted by atomic mass is 16.5. The number of rotatable bonds is 6. The van der Waals surface area contributed by atoms with Crippen molar-refractivity contribution in [3.63, 3.8) is 0 Å². The predicted octanol–water partition coefficient (Wildman–Crippen LogP) is 2.44. The van der Waals surface area contributed by atoms with Crippen LogP contribution in [0.4, 0.5) is 0 Å². The van der Waals surface area contributed by atoms with Crippen molar-refractivity contribution in [2.75, 3.05) is 20.3 Å². The Labute approximate surface area is 116 Å². The van der Waals surface area contributed by atoms with Crippen LogP contribution in [-0.4, -0.2) is 31.0 Å². The van der Waals surface area contributed by atoms with Crippen molar-refractivity contribution in [1.82, 2.24) is 5.32 Å². The smallest absolute Gasteiger partial charge is 0.0765 e. The van der Waals surface area contributed by atoms with Gasteiger partial charge < -0.3 is 15.2 Å². The Morgan fingerprint density at radius 2 is 2.21 bits per heavy atom. The molecule has 0 amide bonds. The molecule has 1 aliphatic rings. The first-order valence-electron chi connectivity index (χ1n) is 7.15. The lowest BCUT2D eigenvalue weighted by Gasteiger charge is -2.30. The zero-order chi connectivity index (χ0) is 13.7. The summed E-state index contributed by atoms with van der Waals surface area (Å²) in [6.07, 6.45) is 4.20. The van der Waals surface area contributed by atoms with E-state index in [1.807, 2.05) is 6.92 Å². The molecule has 2 rings (SSSR count). The maximum Gasteiger partial charge on any atom is 0.0765 e. The highest BCUT2D eigenvalue weighted by Gasteiger charge is 2.24. The summed E-state index contributed by atoms with van der Waals surface area (Å²) in [5.41, 5.74) is 2.14. The Kier molecular flexibility index (Phi) is 4.97. The van der Waals surface area contributed by atoms with Crippen LogP contribution in [0, 0.1) is 0 Å². The summed E-state index contributed by atoms with van der Waals surface area (Å²) in [7, 11) is 1.67. The van der Waals surface area contributed by atoms with Gasteiger partial charge in [-0.3, -0.25) is 0 Å². The molecule has 0 aliphatic heterocycles. The molecular weight excluding hydrogens is 238 g/mol. The van der Waals surface area contributed by atoms with Gasteiger partial charge in [0.15, 0.2) is 0 Å². The highest BCUT2D eigenvalue weighted by molar-refractivity contribution is 5.32. The fourth-order valence-corrected chi connectivity index (χ4v) is 2.72. The molecule has 0 heterocycles. The second-order valence-corrected chi connectivity index (χ2v) is 5.76. The quantitative estimate of drug-likeness (QED) is 0.828. The van der Waals surface area contributed by atoms with Gasteiger partial charge in [-0.25, -0.2) is 0 Å². The number of hydrogen-bond donors (Lipinski definition) is 2. The van der Waals surface area contributed by atoms with E-state index in [2.05, 4.69) is 29.6 Å². The second kappa shape index (κ2) is 6.51. The van der Waals surface area contributed by atoms with Crippen molar-refractivity contribution in [2.45, 2.75) is 44.2 Å². The maximum atomic E-state index is 10.3. The molecule has 0 saturated carbocycles. The van der Waals surface area contributed by atoms with Gasteiger partial charge in [0.25, 0.3) is 0 Å². The Morgan fingerprint density at radius 1 is 1.42 bits per heavy atom. The third kappa shape index (κ3) is 4.03. The minimum atomic E-state index is -0.706. The molecule has 0 spiro atoms. The number of aryl methyl sites for hydroxylation is 1. The van der Waals surface area contributed by atoms with Crippen LogP contribution < -0.4 is 5.32 Å². The zero-order valence-electron chi connectivity index (χ0n) is 12.0. The number of methoxy groups -OCH3 is 1. The van der Waals surface area contributed by atoms with Crippen LogP contribution >= 0.6 is 0 Å². The summed E-state index contributed by atoms with van der Waals surface area (Å²) < 4.78 is 5.04. The minimum absolute atomic E-state index is 0.374. The van der Waals surface area contributed by atoms with Crippen molar-refractivity contribution in [1.29, 1.82) is 0 Å². The molecule has 0 bridgehead atoms.